The molecule has 0 radical (unpaired) electrons. The summed E-state index contributed by atoms with van der Waals surface area (Å²) in [6, 6.07) is 8.11. The largest absolute Gasteiger partial charge is 0.494 e. The smallest absolute Gasteiger partial charge is 0.230 e. The number of rotatable bonds is 8. The zero-order valence-corrected chi connectivity index (χ0v) is 16.0. The number of nitrogens with zero attached hydrogens (tertiary/aromatic N) is 4. The van der Waals surface area contributed by atoms with Gasteiger partial charge in [-0.1, -0.05) is 36.7 Å². The lowest BCUT2D eigenvalue weighted by Gasteiger charge is -2.15. The zero-order valence-electron chi connectivity index (χ0n) is 15.2. The Balaban J connectivity index is 1.50. The Labute approximate surface area is 157 Å². The lowest BCUT2D eigenvalue weighted by Crippen LogP contribution is -2.28. The van der Waals surface area contributed by atoms with Crippen LogP contribution in [0.25, 0.3) is 0 Å². The molecule has 1 fully saturated rings. The highest BCUT2D eigenvalue weighted by Gasteiger charge is 2.22. The molecule has 1 amide bonds. The number of nitrogens with one attached hydrogen (secondary N) is 1. The van der Waals surface area contributed by atoms with Gasteiger partial charge in [-0.05, 0) is 54.8 Å². The minimum Gasteiger partial charge on any atom is -0.494 e. The Bertz CT molecular complexity index is 713. The highest BCUT2D eigenvalue weighted by Crippen LogP contribution is 2.31. The molecule has 7 nitrogen and oxygen atoms in total. The van der Waals surface area contributed by atoms with Crippen molar-refractivity contribution in [1.29, 1.82) is 0 Å². The van der Waals surface area contributed by atoms with Crippen LogP contribution in [0, 0.1) is 0 Å². The third kappa shape index (κ3) is 4.75. The van der Waals surface area contributed by atoms with Crippen LogP contribution in [0.1, 0.15) is 57.2 Å². The van der Waals surface area contributed by atoms with E-state index in [0.29, 0.717) is 18.4 Å². The molecule has 1 aliphatic rings. The van der Waals surface area contributed by atoms with Gasteiger partial charge < -0.3 is 10.1 Å². The molecule has 1 aromatic heterocycles. The minimum absolute atomic E-state index is 0.0302. The van der Waals surface area contributed by atoms with Gasteiger partial charge in [0, 0.05) is 0 Å². The van der Waals surface area contributed by atoms with Gasteiger partial charge in [0.2, 0.25) is 11.1 Å². The average Bonchev–Trinajstić information content (AvgIpc) is 3.32. The van der Waals surface area contributed by atoms with Gasteiger partial charge >= 0.3 is 0 Å². The van der Waals surface area contributed by atoms with E-state index in [1.165, 1.54) is 24.6 Å². The summed E-state index contributed by atoms with van der Waals surface area (Å²) in [6.07, 6.45) is 4.66. The van der Waals surface area contributed by atoms with Gasteiger partial charge in [-0.2, -0.15) is 0 Å². The third-order valence-electron chi connectivity index (χ3n) is 4.53. The minimum atomic E-state index is -0.0652. The molecule has 1 aromatic carbocycles. The number of ether oxygens (including phenoxy) is 1. The second-order valence-electron chi connectivity index (χ2n) is 6.42. The molecule has 1 unspecified atom stereocenters. The first-order chi connectivity index (χ1) is 12.7. The molecule has 3 rings (SSSR count). The molecule has 1 N–H and O–H groups in total. The molecule has 2 aromatic rings. The number of thioether (sulfide) groups is 1. The number of benzene rings is 1. The first-order valence-corrected chi connectivity index (χ1v) is 10.1. The number of aromatic nitrogens is 4. The van der Waals surface area contributed by atoms with Crippen LogP contribution in [0.15, 0.2) is 29.4 Å². The van der Waals surface area contributed by atoms with Crippen molar-refractivity contribution in [3.63, 3.8) is 0 Å². The zero-order chi connectivity index (χ0) is 18.4. The summed E-state index contributed by atoms with van der Waals surface area (Å²) in [6.45, 7) is 4.57. The van der Waals surface area contributed by atoms with E-state index < -0.39 is 0 Å². The number of amides is 1. The van der Waals surface area contributed by atoms with Crippen LogP contribution in [-0.4, -0.2) is 38.5 Å². The monoisotopic (exact) mass is 375 g/mol. The fraction of sp³-hybridized carbons (Fsp3) is 0.556. The second kappa shape index (κ2) is 9.02. The highest BCUT2D eigenvalue weighted by atomic mass is 32.2. The SMILES string of the molecule is CCOc1ccc(C(C)NC(=O)CSc2nnnn2C2CCCC2)cc1. The van der Waals surface area contributed by atoms with Crippen molar-refractivity contribution in [3.05, 3.63) is 29.8 Å². The molecule has 8 heteroatoms. The second-order valence-corrected chi connectivity index (χ2v) is 7.37. The summed E-state index contributed by atoms with van der Waals surface area (Å²) in [7, 11) is 0. The molecule has 1 saturated carbocycles. The summed E-state index contributed by atoms with van der Waals surface area (Å²) < 4.78 is 7.32. The lowest BCUT2D eigenvalue weighted by molar-refractivity contribution is -0.119. The van der Waals surface area contributed by atoms with Gasteiger partial charge in [0.05, 0.1) is 24.4 Å². The Morgan fingerprint density at radius 1 is 1.35 bits per heavy atom. The lowest BCUT2D eigenvalue weighted by atomic mass is 10.1. The van der Waals surface area contributed by atoms with E-state index in [-0.39, 0.29) is 11.9 Å². The van der Waals surface area contributed by atoms with Crippen molar-refractivity contribution >= 4 is 17.7 Å². The van der Waals surface area contributed by atoms with Crippen LogP contribution in [0.4, 0.5) is 0 Å². The summed E-state index contributed by atoms with van der Waals surface area (Å²) >= 11 is 1.39. The molecule has 1 aliphatic carbocycles. The van der Waals surface area contributed by atoms with Crippen LogP contribution in [0.2, 0.25) is 0 Å². The molecular weight excluding hydrogens is 350 g/mol. The van der Waals surface area contributed by atoms with Gasteiger partial charge in [-0.15, -0.1) is 5.10 Å². The number of carbonyl (C=O) groups excluding carboxylic acids is 1. The van der Waals surface area contributed by atoms with E-state index in [0.717, 1.165) is 29.3 Å². The standard InChI is InChI=1S/C18H25N5O2S/c1-3-25-16-10-8-14(9-11-16)13(2)19-17(24)12-26-18-20-21-22-23(18)15-6-4-5-7-15/h8-11,13,15H,3-7,12H2,1-2H3,(H,19,24). The van der Waals surface area contributed by atoms with Crippen molar-refractivity contribution in [2.24, 2.45) is 0 Å². The summed E-state index contributed by atoms with van der Waals surface area (Å²) in [5.41, 5.74) is 1.04. The van der Waals surface area contributed by atoms with Crippen molar-refractivity contribution < 1.29 is 9.53 Å². The van der Waals surface area contributed by atoms with Gasteiger partial charge in [-0.25, -0.2) is 4.68 Å². The van der Waals surface area contributed by atoms with Crippen LogP contribution < -0.4 is 10.1 Å². The quantitative estimate of drug-likeness (QED) is 0.714. The number of hydrogen-bond acceptors (Lipinski definition) is 6. The molecule has 0 bridgehead atoms. The molecule has 1 atom stereocenters. The first kappa shape index (κ1) is 18.7. The van der Waals surface area contributed by atoms with Crippen molar-refractivity contribution in [2.75, 3.05) is 12.4 Å². The summed E-state index contributed by atoms with van der Waals surface area (Å²) in [5, 5.41) is 15.7. The highest BCUT2D eigenvalue weighted by molar-refractivity contribution is 7.99. The van der Waals surface area contributed by atoms with Crippen molar-refractivity contribution in [2.45, 2.75) is 56.8 Å². The fourth-order valence-corrected chi connectivity index (χ4v) is 3.93. The van der Waals surface area contributed by atoms with Gasteiger partial charge in [-0.3, -0.25) is 4.79 Å². The van der Waals surface area contributed by atoms with Crippen LogP contribution in [0.5, 0.6) is 5.75 Å². The molecule has 140 valence electrons. The van der Waals surface area contributed by atoms with Crippen molar-refractivity contribution in [1.82, 2.24) is 25.5 Å². The average molecular weight is 375 g/mol. The normalized spacial score (nSPS) is 15.8. The first-order valence-electron chi connectivity index (χ1n) is 9.10. The molecular formula is C18H25N5O2S. The van der Waals surface area contributed by atoms with E-state index in [1.807, 2.05) is 42.8 Å². The predicted octanol–water partition coefficient (Wildman–Crippen LogP) is 3.16. The number of hydrogen-bond donors (Lipinski definition) is 1. The van der Waals surface area contributed by atoms with E-state index in [4.69, 9.17) is 4.74 Å². The summed E-state index contributed by atoms with van der Waals surface area (Å²) in [4.78, 5) is 12.3. The van der Waals surface area contributed by atoms with Gasteiger partial charge in [0.15, 0.2) is 0 Å². The molecule has 1 heterocycles. The van der Waals surface area contributed by atoms with E-state index in [1.54, 1.807) is 0 Å². The Morgan fingerprint density at radius 3 is 2.77 bits per heavy atom. The number of tetrazole rings is 1. The molecule has 26 heavy (non-hydrogen) atoms. The Hall–Kier alpha value is -2.09. The summed E-state index contributed by atoms with van der Waals surface area (Å²) in [5.74, 6) is 1.11. The fourth-order valence-electron chi connectivity index (χ4n) is 3.17. The maximum absolute atomic E-state index is 12.3. The molecule has 0 aliphatic heterocycles. The Morgan fingerprint density at radius 2 is 2.08 bits per heavy atom. The van der Waals surface area contributed by atoms with Gasteiger partial charge in [0.25, 0.3) is 0 Å². The maximum Gasteiger partial charge on any atom is 0.230 e. The number of carbonyl (C=O) groups is 1. The Kier molecular flexibility index (Phi) is 6.49. The van der Waals surface area contributed by atoms with Crippen LogP contribution in [-0.2, 0) is 4.79 Å². The molecule has 0 saturated heterocycles. The van der Waals surface area contributed by atoms with Crippen molar-refractivity contribution in [3.8, 4) is 5.75 Å². The third-order valence-corrected chi connectivity index (χ3v) is 5.47. The van der Waals surface area contributed by atoms with E-state index in [2.05, 4.69) is 20.8 Å². The van der Waals surface area contributed by atoms with Crippen LogP contribution >= 0.6 is 11.8 Å². The maximum atomic E-state index is 12.3. The molecule has 0 spiro atoms. The van der Waals surface area contributed by atoms with E-state index >= 15 is 0 Å². The van der Waals surface area contributed by atoms with E-state index in [9.17, 15) is 4.79 Å². The predicted molar refractivity (Wildman–Crippen MR) is 100 cm³/mol. The van der Waals surface area contributed by atoms with Gasteiger partial charge in [0.1, 0.15) is 5.75 Å². The topological polar surface area (TPSA) is 81.9 Å². The van der Waals surface area contributed by atoms with Crippen LogP contribution in [0.3, 0.4) is 0 Å².